The third-order valence-electron chi connectivity index (χ3n) is 7.15. The number of carbonyl (C=O) groups is 4. The van der Waals surface area contributed by atoms with Crippen molar-refractivity contribution in [1.29, 1.82) is 0 Å². The van der Waals surface area contributed by atoms with Gasteiger partial charge in [0.25, 0.3) is 0 Å². The standard InChI is InChI=1S/C33H37N3O6/c1-22-14-16-25(17-15-22)19-28(36-30(38)23(2)34-32(40)41-20-26-12-8-5-9-13-26)31(39)35-27(29(37)33(3)21-42-33)18-24-10-6-4-7-11-24/h4-17,23,27-28H,18-21H2,1-3H3,(H,34,40)(H,35,39)(H,36,38)/t23?,27?,28-,33?/m0/s1. The van der Waals surface area contributed by atoms with Crippen molar-refractivity contribution in [3.63, 3.8) is 0 Å². The zero-order valence-electron chi connectivity index (χ0n) is 24.1. The Morgan fingerprint density at radius 2 is 1.29 bits per heavy atom. The number of Topliss-reactive ketones (excluding diaryl/α,β-unsaturated/α-hetero) is 1. The third-order valence-corrected chi connectivity index (χ3v) is 7.15. The number of epoxide rings is 1. The van der Waals surface area contributed by atoms with E-state index in [2.05, 4.69) is 16.0 Å². The highest BCUT2D eigenvalue weighted by Gasteiger charge is 2.50. The molecule has 0 spiro atoms. The topological polar surface area (TPSA) is 126 Å². The van der Waals surface area contributed by atoms with Crippen molar-refractivity contribution >= 4 is 23.7 Å². The van der Waals surface area contributed by atoms with Crippen LogP contribution in [0, 0.1) is 6.92 Å². The molecule has 1 aliphatic heterocycles. The Morgan fingerprint density at radius 3 is 1.88 bits per heavy atom. The van der Waals surface area contributed by atoms with Gasteiger partial charge in [-0.1, -0.05) is 90.5 Å². The van der Waals surface area contributed by atoms with Crippen LogP contribution >= 0.6 is 0 Å². The summed E-state index contributed by atoms with van der Waals surface area (Å²) in [5, 5.41) is 8.14. The summed E-state index contributed by atoms with van der Waals surface area (Å²) in [6, 6.07) is 23.3. The Morgan fingerprint density at radius 1 is 0.762 bits per heavy atom. The van der Waals surface area contributed by atoms with Crippen molar-refractivity contribution in [2.45, 2.75) is 63.9 Å². The number of nitrogens with one attached hydrogen (secondary N) is 3. The van der Waals surface area contributed by atoms with Crippen LogP contribution in [0.2, 0.25) is 0 Å². The largest absolute Gasteiger partial charge is 0.445 e. The maximum absolute atomic E-state index is 13.7. The van der Waals surface area contributed by atoms with Crippen LogP contribution in [-0.2, 0) is 43.3 Å². The van der Waals surface area contributed by atoms with Gasteiger partial charge in [-0.25, -0.2) is 4.79 Å². The van der Waals surface area contributed by atoms with E-state index in [9.17, 15) is 19.2 Å². The van der Waals surface area contributed by atoms with Crippen LogP contribution in [0.4, 0.5) is 4.79 Å². The van der Waals surface area contributed by atoms with E-state index in [1.165, 1.54) is 6.92 Å². The number of aryl methyl sites for hydroxylation is 1. The van der Waals surface area contributed by atoms with E-state index < -0.39 is 41.6 Å². The van der Waals surface area contributed by atoms with Crippen molar-refractivity contribution < 1.29 is 28.7 Å². The molecule has 1 saturated heterocycles. The van der Waals surface area contributed by atoms with Gasteiger partial charge in [0.1, 0.15) is 24.3 Å². The van der Waals surface area contributed by atoms with Gasteiger partial charge in [-0.15, -0.1) is 0 Å². The molecule has 3 aromatic rings. The zero-order valence-corrected chi connectivity index (χ0v) is 24.1. The quantitative estimate of drug-likeness (QED) is 0.270. The minimum Gasteiger partial charge on any atom is -0.445 e. The molecule has 3 N–H and O–H groups in total. The van der Waals surface area contributed by atoms with Crippen molar-refractivity contribution in [3.05, 3.63) is 107 Å². The molecule has 4 rings (SSSR count). The fourth-order valence-corrected chi connectivity index (χ4v) is 4.42. The molecule has 0 aliphatic carbocycles. The molecule has 9 nitrogen and oxygen atoms in total. The summed E-state index contributed by atoms with van der Waals surface area (Å²) in [6.45, 7) is 5.52. The van der Waals surface area contributed by atoms with Crippen LogP contribution in [0.5, 0.6) is 0 Å². The molecule has 42 heavy (non-hydrogen) atoms. The van der Waals surface area contributed by atoms with Crippen LogP contribution in [0.15, 0.2) is 84.9 Å². The van der Waals surface area contributed by atoms with Gasteiger partial charge in [-0.3, -0.25) is 14.4 Å². The van der Waals surface area contributed by atoms with Gasteiger partial charge in [0.15, 0.2) is 5.78 Å². The number of hydrogen-bond donors (Lipinski definition) is 3. The Hall–Kier alpha value is -4.50. The number of rotatable bonds is 13. The molecule has 1 heterocycles. The number of ketones is 1. The van der Waals surface area contributed by atoms with E-state index in [-0.39, 0.29) is 25.2 Å². The summed E-state index contributed by atoms with van der Waals surface area (Å²) in [5.74, 6) is -1.31. The van der Waals surface area contributed by atoms with Gasteiger partial charge in [0, 0.05) is 6.42 Å². The van der Waals surface area contributed by atoms with Crippen LogP contribution in [0.1, 0.15) is 36.1 Å². The van der Waals surface area contributed by atoms with Crippen LogP contribution < -0.4 is 16.0 Å². The minimum atomic E-state index is -1.01. The second-order valence-electron chi connectivity index (χ2n) is 10.8. The number of alkyl carbamates (subject to hydrolysis) is 1. The molecule has 3 unspecified atom stereocenters. The predicted molar refractivity (Wildman–Crippen MR) is 157 cm³/mol. The maximum Gasteiger partial charge on any atom is 0.408 e. The molecule has 3 aromatic carbocycles. The molecule has 9 heteroatoms. The SMILES string of the molecule is Cc1ccc(C[C@H](NC(=O)C(C)NC(=O)OCc2ccccc2)C(=O)NC(Cc2ccccc2)C(=O)C2(C)CO2)cc1. The van der Waals surface area contributed by atoms with Gasteiger partial charge in [-0.2, -0.15) is 0 Å². The van der Waals surface area contributed by atoms with Crippen molar-refractivity contribution in [3.8, 4) is 0 Å². The highest BCUT2D eigenvalue weighted by atomic mass is 16.6. The first-order valence-corrected chi connectivity index (χ1v) is 14.0. The Labute approximate surface area is 246 Å². The molecule has 4 atom stereocenters. The Bertz CT molecular complexity index is 1370. The van der Waals surface area contributed by atoms with E-state index >= 15 is 0 Å². The zero-order chi connectivity index (χ0) is 30.1. The highest BCUT2D eigenvalue weighted by molar-refractivity contribution is 5.98. The normalized spacial score (nSPS) is 17.7. The smallest absolute Gasteiger partial charge is 0.408 e. The first-order chi connectivity index (χ1) is 20.1. The molecule has 1 aliphatic rings. The molecule has 0 bridgehead atoms. The van der Waals surface area contributed by atoms with Gasteiger partial charge >= 0.3 is 6.09 Å². The number of amides is 3. The highest BCUT2D eigenvalue weighted by Crippen LogP contribution is 2.29. The molecular weight excluding hydrogens is 534 g/mol. The summed E-state index contributed by atoms with van der Waals surface area (Å²) < 4.78 is 10.6. The molecule has 0 saturated carbocycles. The van der Waals surface area contributed by atoms with E-state index in [0.717, 1.165) is 22.3 Å². The van der Waals surface area contributed by atoms with Gasteiger partial charge in [-0.05, 0) is 43.9 Å². The molecule has 0 radical (unpaired) electrons. The lowest BCUT2D eigenvalue weighted by Crippen LogP contribution is -2.57. The molecule has 1 fully saturated rings. The number of carbonyl (C=O) groups excluding carboxylic acids is 4. The Kier molecular flexibility index (Phi) is 10.1. The number of benzene rings is 3. The van der Waals surface area contributed by atoms with Gasteiger partial charge in [0.05, 0.1) is 12.6 Å². The van der Waals surface area contributed by atoms with E-state index in [1.807, 2.05) is 91.9 Å². The van der Waals surface area contributed by atoms with Gasteiger partial charge < -0.3 is 25.4 Å². The monoisotopic (exact) mass is 571 g/mol. The summed E-state index contributed by atoms with van der Waals surface area (Å²) >= 11 is 0. The lowest BCUT2D eigenvalue weighted by atomic mass is 9.94. The molecule has 220 valence electrons. The van der Waals surface area contributed by atoms with Crippen LogP contribution in [0.3, 0.4) is 0 Å². The second kappa shape index (κ2) is 13.9. The van der Waals surface area contributed by atoms with Crippen molar-refractivity contribution in [2.75, 3.05) is 6.61 Å². The maximum atomic E-state index is 13.7. The summed E-state index contributed by atoms with van der Waals surface area (Å²) in [6.07, 6.45) is -0.295. The fraction of sp³-hybridized carbons (Fsp3) is 0.333. The average Bonchev–Trinajstić information content (AvgIpc) is 3.75. The fourth-order valence-electron chi connectivity index (χ4n) is 4.42. The molecular formula is C33H37N3O6. The minimum absolute atomic E-state index is 0.0545. The lowest BCUT2D eigenvalue weighted by molar-refractivity contribution is -0.133. The lowest BCUT2D eigenvalue weighted by Gasteiger charge is -2.25. The first-order valence-electron chi connectivity index (χ1n) is 14.0. The number of hydrogen-bond acceptors (Lipinski definition) is 6. The second-order valence-corrected chi connectivity index (χ2v) is 10.8. The predicted octanol–water partition coefficient (Wildman–Crippen LogP) is 3.42. The van der Waals surface area contributed by atoms with Crippen molar-refractivity contribution in [2.24, 2.45) is 0 Å². The number of ether oxygens (including phenoxy) is 2. The van der Waals surface area contributed by atoms with Crippen LogP contribution in [-0.4, -0.2) is 54.0 Å². The Balaban J connectivity index is 1.44. The van der Waals surface area contributed by atoms with E-state index in [0.29, 0.717) is 6.61 Å². The van der Waals surface area contributed by atoms with Gasteiger partial charge in [0.2, 0.25) is 11.8 Å². The third kappa shape index (κ3) is 8.75. The molecule has 3 amide bonds. The van der Waals surface area contributed by atoms with Crippen LogP contribution in [0.25, 0.3) is 0 Å². The average molecular weight is 572 g/mol. The molecule has 0 aromatic heterocycles. The first kappa shape index (κ1) is 30.5. The van der Waals surface area contributed by atoms with E-state index in [4.69, 9.17) is 9.47 Å². The van der Waals surface area contributed by atoms with Crippen molar-refractivity contribution in [1.82, 2.24) is 16.0 Å². The summed E-state index contributed by atoms with van der Waals surface area (Å²) in [4.78, 5) is 52.5. The van der Waals surface area contributed by atoms with E-state index in [1.54, 1.807) is 6.92 Å². The summed E-state index contributed by atoms with van der Waals surface area (Å²) in [7, 11) is 0. The summed E-state index contributed by atoms with van der Waals surface area (Å²) in [5.41, 5.74) is 2.63.